The zero-order valence-corrected chi connectivity index (χ0v) is 10.3. The van der Waals surface area contributed by atoms with Crippen LogP contribution in [0.1, 0.15) is 33.1 Å². The fourth-order valence-electron chi connectivity index (χ4n) is 2.61. The molecule has 0 bridgehead atoms. The summed E-state index contributed by atoms with van der Waals surface area (Å²) in [5.74, 6) is 3.53. The van der Waals surface area contributed by atoms with Gasteiger partial charge in [-0.15, -0.1) is 12.3 Å². The Labute approximate surface area is 94.4 Å². The van der Waals surface area contributed by atoms with E-state index in [1.54, 1.807) is 0 Å². The first-order chi connectivity index (χ1) is 7.22. The van der Waals surface area contributed by atoms with E-state index in [0.717, 1.165) is 12.3 Å². The molecule has 0 aromatic rings. The van der Waals surface area contributed by atoms with Crippen LogP contribution in [0, 0.1) is 18.3 Å². The third-order valence-corrected chi connectivity index (χ3v) is 3.65. The van der Waals surface area contributed by atoms with Gasteiger partial charge in [0.1, 0.15) is 0 Å². The standard InChI is InChI=1S/C13H24N2/c1-5-7-12(6-2)15-9-8-13(14-4)11(3)10-15/h1,11-14H,6-10H2,2-4H3. The lowest BCUT2D eigenvalue weighted by Gasteiger charge is -2.40. The van der Waals surface area contributed by atoms with E-state index in [4.69, 9.17) is 6.42 Å². The summed E-state index contributed by atoms with van der Waals surface area (Å²) in [6.07, 6.45) is 8.72. The molecule has 0 spiro atoms. The molecule has 86 valence electrons. The van der Waals surface area contributed by atoms with E-state index in [2.05, 4.69) is 37.0 Å². The van der Waals surface area contributed by atoms with Gasteiger partial charge in [-0.1, -0.05) is 13.8 Å². The maximum absolute atomic E-state index is 5.41. The fraction of sp³-hybridized carbons (Fsp3) is 0.846. The minimum Gasteiger partial charge on any atom is -0.317 e. The quantitative estimate of drug-likeness (QED) is 0.708. The molecule has 1 aliphatic heterocycles. The maximum Gasteiger partial charge on any atom is 0.0242 e. The van der Waals surface area contributed by atoms with Crippen molar-refractivity contribution in [2.24, 2.45) is 5.92 Å². The average molecular weight is 208 g/mol. The van der Waals surface area contributed by atoms with Crippen LogP contribution in [0.15, 0.2) is 0 Å². The molecule has 0 saturated carbocycles. The summed E-state index contributed by atoms with van der Waals surface area (Å²) in [5.41, 5.74) is 0. The maximum atomic E-state index is 5.41. The number of nitrogens with zero attached hydrogens (tertiary/aromatic N) is 1. The van der Waals surface area contributed by atoms with Gasteiger partial charge in [0, 0.05) is 25.0 Å². The molecular weight excluding hydrogens is 184 g/mol. The predicted octanol–water partition coefficient (Wildman–Crippen LogP) is 1.72. The van der Waals surface area contributed by atoms with Crippen LogP contribution in [0.25, 0.3) is 0 Å². The van der Waals surface area contributed by atoms with Crippen LogP contribution in [0.3, 0.4) is 0 Å². The predicted molar refractivity (Wildman–Crippen MR) is 65.7 cm³/mol. The first-order valence-electron chi connectivity index (χ1n) is 6.07. The van der Waals surface area contributed by atoms with Gasteiger partial charge in [-0.3, -0.25) is 4.90 Å². The minimum absolute atomic E-state index is 0.593. The van der Waals surface area contributed by atoms with Gasteiger partial charge >= 0.3 is 0 Å². The normalized spacial score (nSPS) is 29.7. The molecule has 2 heteroatoms. The summed E-state index contributed by atoms with van der Waals surface area (Å²) in [6.45, 7) is 6.94. The van der Waals surface area contributed by atoms with Crippen molar-refractivity contribution in [1.82, 2.24) is 10.2 Å². The molecule has 0 radical (unpaired) electrons. The van der Waals surface area contributed by atoms with Gasteiger partial charge in [0.15, 0.2) is 0 Å². The second-order valence-electron chi connectivity index (χ2n) is 4.63. The third-order valence-electron chi connectivity index (χ3n) is 3.65. The SMILES string of the molecule is C#CCC(CC)N1CCC(NC)C(C)C1. The second-order valence-corrected chi connectivity index (χ2v) is 4.63. The number of nitrogens with one attached hydrogen (secondary N) is 1. The van der Waals surface area contributed by atoms with Crippen LogP contribution in [-0.4, -0.2) is 37.1 Å². The molecule has 2 nitrogen and oxygen atoms in total. The summed E-state index contributed by atoms with van der Waals surface area (Å²) >= 11 is 0. The number of hydrogen-bond donors (Lipinski definition) is 1. The molecule has 3 unspecified atom stereocenters. The van der Waals surface area contributed by atoms with Gasteiger partial charge in [0.2, 0.25) is 0 Å². The molecule has 3 atom stereocenters. The third kappa shape index (κ3) is 3.22. The van der Waals surface area contributed by atoms with E-state index in [1.807, 2.05) is 0 Å². The number of piperidine rings is 1. The molecular formula is C13H24N2. The number of hydrogen-bond acceptors (Lipinski definition) is 2. The van der Waals surface area contributed by atoms with Crippen molar-refractivity contribution in [2.75, 3.05) is 20.1 Å². The molecule has 1 heterocycles. The highest BCUT2D eigenvalue weighted by atomic mass is 15.2. The van der Waals surface area contributed by atoms with Gasteiger partial charge < -0.3 is 5.32 Å². The second kappa shape index (κ2) is 6.15. The van der Waals surface area contributed by atoms with Crippen molar-refractivity contribution in [3.8, 4) is 12.3 Å². The molecule has 0 amide bonds. The molecule has 0 aliphatic carbocycles. The summed E-state index contributed by atoms with van der Waals surface area (Å²) in [6, 6.07) is 1.28. The number of terminal acetylenes is 1. The van der Waals surface area contributed by atoms with Crippen LogP contribution in [0.2, 0.25) is 0 Å². The summed E-state index contributed by atoms with van der Waals surface area (Å²) in [5, 5.41) is 3.40. The Morgan fingerprint density at radius 2 is 2.33 bits per heavy atom. The summed E-state index contributed by atoms with van der Waals surface area (Å²) in [4.78, 5) is 2.57. The van der Waals surface area contributed by atoms with E-state index in [1.165, 1.54) is 25.9 Å². The Bertz CT molecular complexity index is 219. The van der Waals surface area contributed by atoms with Crippen LogP contribution in [0.5, 0.6) is 0 Å². The first kappa shape index (κ1) is 12.5. The molecule has 1 rings (SSSR count). The Kier molecular flexibility index (Phi) is 5.14. The van der Waals surface area contributed by atoms with Crippen molar-refractivity contribution in [3.05, 3.63) is 0 Å². The highest BCUT2D eigenvalue weighted by molar-refractivity contribution is 4.93. The zero-order valence-electron chi connectivity index (χ0n) is 10.3. The van der Waals surface area contributed by atoms with Gasteiger partial charge in [-0.25, -0.2) is 0 Å². The largest absolute Gasteiger partial charge is 0.317 e. The van der Waals surface area contributed by atoms with Crippen LogP contribution in [0.4, 0.5) is 0 Å². The average Bonchev–Trinajstić information content (AvgIpc) is 2.25. The lowest BCUT2D eigenvalue weighted by molar-refractivity contribution is 0.106. The monoisotopic (exact) mass is 208 g/mol. The minimum atomic E-state index is 0.593. The summed E-state index contributed by atoms with van der Waals surface area (Å²) < 4.78 is 0. The van der Waals surface area contributed by atoms with Crippen LogP contribution in [-0.2, 0) is 0 Å². The molecule has 1 N–H and O–H groups in total. The van der Waals surface area contributed by atoms with Crippen molar-refractivity contribution in [3.63, 3.8) is 0 Å². The lowest BCUT2D eigenvalue weighted by Crippen LogP contribution is -2.50. The van der Waals surface area contributed by atoms with E-state index in [0.29, 0.717) is 12.1 Å². The van der Waals surface area contributed by atoms with E-state index >= 15 is 0 Å². The topological polar surface area (TPSA) is 15.3 Å². The Morgan fingerprint density at radius 1 is 1.60 bits per heavy atom. The first-order valence-corrected chi connectivity index (χ1v) is 6.07. The lowest BCUT2D eigenvalue weighted by atomic mass is 9.92. The molecule has 1 fully saturated rings. The number of rotatable bonds is 4. The van der Waals surface area contributed by atoms with Gasteiger partial charge in [0.05, 0.1) is 0 Å². The van der Waals surface area contributed by atoms with E-state index in [-0.39, 0.29) is 0 Å². The summed E-state index contributed by atoms with van der Waals surface area (Å²) in [7, 11) is 2.07. The smallest absolute Gasteiger partial charge is 0.0242 e. The van der Waals surface area contributed by atoms with Crippen molar-refractivity contribution in [1.29, 1.82) is 0 Å². The highest BCUT2D eigenvalue weighted by Crippen LogP contribution is 2.20. The fourth-order valence-corrected chi connectivity index (χ4v) is 2.61. The van der Waals surface area contributed by atoms with Crippen molar-refractivity contribution < 1.29 is 0 Å². The Balaban J connectivity index is 2.49. The van der Waals surface area contributed by atoms with Crippen molar-refractivity contribution >= 4 is 0 Å². The molecule has 0 aromatic carbocycles. The van der Waals surface area contributed by atoms with Gasteiger partial charge in [0.25, 0.3) is 0 Å². The van der Waals surface area contributed by atoms with Gasteiger partial charge in [-0.05, 0) is 32.4 Å². The molecule has 15 heavy (non-hydrogen) atoms. The highest BCUT2D eigenvalue weighted by Gasteiger charge is 2.27. The molecule has 1 saturated heterocycles. The number of likely N-dealkylation sites (tertiary alicyclic amines) is 1. The van der Waals surface area contributed by atoms with Crippen LogP contribution >= 0.6 is 0 Å². The molecule has 0 aromatic heterocycles. The zero-order chi connectivity index (χ0) is 11.3. The molecule has 1 aliphatic rings. The van der Waals surface area contributed by atoms with Gasteiger partial charge in [-0.2, -0.15) is 0 Å². The van der Waals surface area contributed by atoms with E-state index in [9.17, 15) is 0 Å². The Morgan fingerprint density at radius 3 is 2.80 bits per heavy atom. The van der Waals surface area contributed by atoms with Crippen LogP contribution < -0.4 is 5.32 Å². The Hall–Kier alpha value is -0.520. The van der Waals surface area contributed by atoms with E-state index < -0.39 is 0 Å². The van der Waals surface area contributed by atoms with Crippen molar-refractivity contribution in [2.45, 2.75) is 45.2 Å².